The van der Waals surface area contributed by atoms with E-state index < -0.39 is 24.5 Å². The average molecular weight is 487 g/mol. The van der Waals surface area contributed by atoms with Crippen LogP contribution in [0.2, 0.25) is 0 Å². The van der Waals surface area contributed by atoms with E-state index in [1.54, 1.807) is 17.0 Å². The summed E-state index contributed by atoms with van der Waals surface area (Å²) in [5.41, 5.74) is 2.72. The van der Waals surface area contributed by atoms with Crippen molar-refractivity contribution in [2.24, 2.45) is 5.92 Å². The Balaban J connectivity index is 1.48. The molecule has 0 aliphatic rings. The summed E-state index contributed by atoms with van der Waals surface area (Å²) in [6, 6.07) is 18.4. The smallest absolute Gasteiger partial charge is 0.331 e. The van der Waals surface area contributed by atoms with Crippen molar-refractivity contribution in [3.8, 4) is 17.1 Å². The number of hydrogen-bond acceptors (Lipinski definition) is 6. The number of para-hydroxylation sites is 2. The number of rotatable bonds is 8. The Labute approximate surface area is 207 Å². The lowest BCUT2D eigenvalue weighted by molar-refractivity contribution is -0.143. The number of carbonyl (C=O) groups excluding carboxylic acids is 3. The number of benzene rings is 2. The van der Waals surface area contributed by atoms with Gasteiger partial charge in [-0.25, -0.2) is 14.3 Å². The van der Waals surface area contributed by atoms with Crippen LogP contribution in [0.1, 0.15) is 19.4 Å². The fourth-order valence-electron chi connectivity index (χ4n) is 3.36. The van der Waals surface area contributed by atoms with E-state index in [-0.39, 0.29) is 5.92 Å². The van der Waals surface area contributed by atoms with Gasteiger partial charge in [0, 0.05) is 29.8 Å². The van der Waals surface area contributed by atoms with Crippen LogP contribution < -0.4 is 10.6 Å². The largest absolute Gasteiger partial charge is 0.454 e. The van der Waals surface area contributed by atoms with Crippen molar-refractivity contribution < 1.29 is 23.5 Å². The minimum Gasteiger partial charge on any atom is -0.454 e. The van der Waals surface area contributed by atoms with Crippen molar-refractivity contribution in [3.63, 3.8) is 0 Å². The molecule has 2 aromatic carbocycles. The Kier molecular flexibility index (Phi) is 7.60. The molecule has 2 heterocycles. The van der Waals surface area contributed by atoms with Crippen LogP contribution in [0.25, 0.3) is 34.2 Å². The zero-order chi connectivity index (χ0) is 25.5. The van der Waals surface area contributed by atoms with Crippen LogP contribution in [0.5, 0.6) is 0 Å². The molecule has 4 rings (SSSR count). The molecule has 0 saturated carbocycles. The lowest BCUT2D eigenvalue weighted by Gasteiger charge is -2.08. The number of ether oxygens (including phenoxy) is 1. The predicted molar refractivity (Wildman–Crippen MR) is 135 cm³/mol. The highest BCUT2D eigenvalue weighted by Crippen LogP contribution is 2.30. The molecule has 36 heavy (non-hydrogen) atoms. The summed E-state index contributed by atoms with van der Waals surface area (Å²) >= 11 is 0. The standard InChI is InChI=1S/C27H26N4O5/c1-18(2)15-28-27(34)29-24(32)17-35-25(33)13-12-20-16-31(21-9-4-3-5-10-21)30-26(20)23-14-19-8-6-7-11-22(19)36-23/h3-14,16,18H,15,17H2,1-2H3,(H2,28,29,32,34). The molecule has 0 spiro atoms. The number of imide groups is 1. The van der Waals surface area contributed by atoms with E-state index in [0.29, 0.717) is 23.6 Å². The number of esters is 1. The molecule has 0 fully saturated rings. The van der Waals surface area contributed by atoms with E-state index >= 15 is 0 Å². The molecule has 0 aliphatic heterocycles. The molecule has 0 atom stereocenters. The maximum atomic E-state index is 12.2. The third-order valence-electron chi connectivity index (χ3n) is 5.09. The minimum absolute atomic E-state index is 0.240. The Morgan fingerprint density at radius 3 is 2.58 bits per heavy atom. The number of nitrogens with one attached hydrogen (secondary N) is 2. The first-order chi connectivity index (χ1) is 17.4. The molecule has 4 aromatic rings. The van der Waals surface area contributed by atoms with E-state index in [2.05, 4.69) is 15.7 Å². The van der Waals surface area contributed by atoms with Crippen molar-refractivity contribution in [2.45, 2.75) is 13.8 Å². The zero-order valence-corrected chi connectivity index (χ0v) is 19.9. The molecule has 0 aliphatic carbocycles. The van der Waals surface area contributed by atoms with E-state index in [9.17, 15) is 14.4 Å². The first-order valence-corrected chi connectivity index (χ1v) is 11.5. The molecule has 184 valence electrons. The number of carbonyl (C=O) groups is 3. The van der Waals surface area contributed by atoms with Gasteiger partial charge in [0.15, 0.2) is 12.4 Å². The maximum absolute atomic E-state index is 12.2. The summed E-state index contributed by atoms with van der Waals surface area (Å²) in [4.78, 5) is 35.8. The number of nitrogens with zero attached hydrogens (tertiary/aromatic N) is 2. The number of furan rings is 1. The average Bonchev–Trinajstić information content (AvgIpc) is 3.50. The normalized spacial score (nSPS) is 11.2. The van der Waals surface area contributed by atoms with Crippen LogP contribution >= 0.6 is 0 Å². The van der Waals surface area contributed by atoms with E-state index in [4.69, 9.17) is 9.15 Å². The predicted octanol–water partition coefficient (Wildman–Crippen LogP) is 4.32. The van der Waals surface area contributed by atoms with Crippen LogP contribution in [0.4, 0.5) is 4.79 Å². The second-order valence-corrected chi connectivity index (χ2v) is 8.45. The molecular formula is C27H26N4O5. The second kappa shape index (κ2) is 11.2. The highest BCUT2D eigenvalue weighted by atomic mass is 16.5. The molecule has 3 amide bonds. The second-order valence-electron chi connectivity index (χ2n) is 8.45. The van der Waals surface area contributed by atoms with Gasteiger partial charge in [-0.3, -0.25) is 10.1 Å². The van der Waals surface area contributed by atoms with E-state index in [0.717, 1.165) is 16.7 Å². The van der Waals surface area contributed by atoms with Crippen molar-refractivity contribution in [1.29, 1.82) is 0 Å². The SMILES string of the molecule is CC(C)CNC(=O)NC(=O)COC(=O)C=Cc1cn(-c2ccccc2)nc1-c1cc2ccccc2o1. The molecular weight excluding hydrogens is 460 g/mol. The van der Waals surface area contributed by atoms with Gasteiger partial charge >= 0.3 is 12.0 Å². The summed E-state index contributed by atoms with van der Waals surface area (Å²) in [5.74, 6) is -0.677. The molecule has 9 heteroatoms. The van der Waals surface area contributed by atoms with E-state index in [1.165, 1.54) is 6.08 Å². The summed E-state index contributed by atoms with van der Waals surface area (Å²) in [7, 11) is 0. The number of fused-ring (bicyclic) bond motifs is 1. The Bertz CT molecular complexity index is 1370. The monoisotopic (exact) mass is 486 g/mol. The highest BCUT2D eigenvalue weighted by molar-refractivity contribution is 5.96. The van der Waals surface area contributed by atoms with Gasteiger partial charge in [0.05, 0.1) is 5.69 Å². The highest BCUT2D eigenvalue weighted by Gasteiger charge is 2.16. The fraction of sp³-hybridized carbons (Fsp3) is 0.185. The van der Waals surface area contributed by atoms with Crippen molar-refractivity contribution in [1.82, 2.24) is 20.4 Å². The van der Waals surface area contributed by atoms with Crippen LogP contribution in [0, 0.1) is 5.92 Å². The van der Waals surface area contributed by atoms with Crippen LogP contribution in [-0.4, -0.2) is 40.8 Å². The van der Waals surface area contributed by atoms with Crippen LogP contribution in [0.3, 0.4) is 0 Å². The van der Waals surface area contributed by atoms with Gasteiger partial charge in [0.1, 0.15) is 11.3 Å². The van der Waals surface area contributed by atoms with Gasteiger partial charge < -0.3 is 14.5 Å². The molecule has 2 aromatic heterocycles. The van der Waals surface area contributed by atoms with Gasteiger partial charge in [-0.1, -0.05) is 50.2 Å². The number of urea groups is 1. The molecule has 0 unspecified atom stereocenters. The van der Waals surface area contributed by atoms with Crippen molar-refractivity contribution in [2.75, 3.05) is 13.2 Å². The van der Waals surface area contributed by atoms with Crippen LogP contribution in [0.15, 0.2) is 77.4 Å². The topological polar surface area (TPSA) is 115 Å². The van der Waals surface area contributed by atoms with Crippen molar-refractivity contribution in [3.05, 3.63) is 78.5 Å². The minimum atomic E-state index is -0.740. The molecule has 9 nitrogen and oxygen atoms in total. The van der Waals surface area contributed by atoms with Gasteiger partial charge in [-0.15, -0.1) is 0 Å². The Morgan fingerprint density at radius 2 is 1.83 bits per heavy atom. The van der Waals surface area contributed by atoms with Gasteiger partial charge in [0.25, 0.3) is 5.91 Å². The first-order valence-electron chi connectivity index (χ1n) is 11.5. The maximum Gasteiger partial charge on any atom is 0.331 e. The number of aromatic nitrogens is 2. The van der Waals surface area contributed by atoms with Gasteiger partial charge in [-0.2, -0.15) is 5.10 Å². The summed E-state index contributed by atoms with van der Waals surface area (Å²) in [6.07, 6.45) is 4.52. The van der Waals surface area contributed by atoms with Gasteiger partial charge in [-0.05, 0) is 36.3 Å². The van der Waals surface area contributed by atoms with Crippen molar-refractivity contribution >= 4 is 35.0 Å². The Morgan fingerprint density at radius 1 is 1.08 bits per heavy atom. The Hall–Kier alpha value is -4.66. The number of hydrogen-bond donors (Lipinski definition) is 2. The molecule has 0 radical (unpaired) electrons. The third-order valence-corrected chi connectivity index (χ3v) is 5.09. The lowest BCUT2D eigenvalue weighted by Crippen LogP contribution is -2.42. The van der Waals surface area contributed by atoms with Gasteiger partial charge in [0.2, 0.25) is 0 Å². The first kappa shape index (κ1) is 24.5. The fourth-order valence-corrected chi connectivity index (χ4v) is 3.36. The summed E-state index contributed by atoms with van der Waals surface area (Å²) < 4.78 is 12.6. The quantitative estimate of drug-likeness (QED) is 0.283. The summed E-state index contributed by atoms with van der Waals surface area (Å²) in [6.45, 7) is 3.70. The molecule has 0 bridgehead atoms. The van der Waals surface area contributed by atoms with Crippen LogP contribution in [-0.2, 0) is 14.3 Å². The van der Waals surface area contributed by atoms with E-state index in [1.807, 2.05) is 74.5 Å². The number of amides is 3. The third kappa shape index (κ3) is 6.26. The molecule has 2 N–H and O–H groups in total. The lowest BCUT2D eigenvalue weighted by atomic mass is 10.2. The summed E-state index contributed by atoms with van der Waals surface area (Å²) in [5, 5.41) is 10.3. The molecule has 0 saturated heterocycles. The zero-order valence-electron chi connectivity index (χ0n) is 19.9.